The number of hydrogen-bond donors (Lipinski definition) is 2. The monoisotopic (exact) mass is 424 g/mol. The standard InChI is InChI=1S/C27H28N4O/c32-26-17-27(30-21-12-6-2-7-13-21)31(23-14-8-3-9-15-23)25-16-22(29-19-24(25)26)18-28-20-10-4-1-5-11-20/h2-3,6-9,12-17,19-20,28,30H,1,4-5,10-11,18H2. The van der Waals surface area contributed by atoms with Gasteiger partial charge in [0.25, 0.3) is 0 Å². The predicted molar refractivity (Wildman–Crippen MR) is 131 cm³/mol. The van der Waals surface area contributed by atoms with Gasteiger partial charge in [-0.25, -0.2) is 0 Å². The molecule has 0 bridgehead atoms. The molecule has 2 aromatic heterocycles. The number of benzene rings is 2. The van der Waals surface area contributed by atoms with E-state index in [1.54, 1.807) is 12.3 Å². The Morgan fingerprint density at radius 2 is 1.62 bits per heavy atom. The third-order valence-corrected chi connectivity index (χ3v) is 6.19. The van der Waals surface area contributed by atoms with Crippen LogP contribution in [-0.4, -0.2) is 15.6 Å². The van der Waals surface area contributed by atoms with Crippen molar-refractivity contribution in [1.29, 1.82) is 0 Å². The molecule has 1 aliphatic carbocycles. The molecule has 0 atom stereocenters. The van der Waals surface area contributed by atoms with E-state index in [-0.39, 0.29) is 5.43 Å². The summed E-state index contributed by atoms with van der Waals surface area (Å²) < 4.78 is 2.11. The molecule has 1 aliphatic rings. The SMILES string of the molecule is O=c1cc(Nc2ccccc2)n(-c2ccccc2)c2cc(CNC3CCCCC3)ncc12. The Morgan fingerprint density at radius 1 is 0.906 bits per heavy atom. The third kappa shape index (κ3) is 4.43. The van der Waals surface area contributed by atoms with Gasteiger partial charge in [0.2, 0.25) is 0 Å². The molecule has 2 N–H and O–H groups in total. The number of hydrogen-bond acceptors (Lipinski definition) is 4. The summed E-state index contributed by atoms with van der Waals surface area (Å²) in [6.07, 6.45) is 8.12. The second-order valence-electron chi connectivity index (χ2n) is 8.46. The predicted octanol–water partition coefficient (Wildman–Crippen LogP) is 5.55. The van der Waals surface area contributed by atoms with Crippen molar-refractivity contribution < 1.29 is 0 Å². The van der Waals surface area contributed by atoms with Crippen LogP contribution in [0.4, 0.5) is 11.5 Å². The van der Waals surface area contributed by atoms with Gasteiger partial charge in [-0.05, 0) is 43.2 Å². The highest BCUT2D eigenvalue weighted by molar-refractivity contribution is 5.83. The lowest BCUT2D eigenvalue weighted by atomic mass is 9.95. The van der Waals surface area contributed by atoms with E-state index in [0.717, 1.165) is 28.4 Å². The maximum absolute atomic E-state index is 13.0. The molecular weight excluding hydrogens is 396 g/mol. The number of fused-ring (bicyclic) bond motifs is 1. The first-order chi connectivity index (χ1) is 15.8. The van der Waals surface area contributed by atoms with Crippen LogP contribution in [0.25, 0.3) is 16.6 Å². The molecule has 0 saturated heterocycles. The molecule has 2 heterocycles. The average molecular weight is 425 g/mol. The third-order valence-electron chi connectivity index (χ3n) is 6.19. The second-order valence-corrected chi connectivity index (χ2v) is 8.46. The van der Waals surface area contributed by atoms with Crippen molar-refractivity contribution in [3.05, 3.63) is 94.9 Å². The quantitative estimate of drug-likeness (QED) is 0.426. The van der Waals surface area contributed by atoms with Crippen LogP contribution in [0.3, 0.4) is 0 Å². The summed E-state index contributed by atoms with van der Waals surface area (Å²) >= 11 is 0. The van der Waals surface area contributed by atoms with Gasteiger partial charge in [-0.15, -0.1) is 0 Å². The van der Waals surface area contributed by atoms with Crippen LogP contribution >= 0.6 is 0 Å². The Hall–Kier alpha value is -3.44. The minimum absolute atomic E-state index is 0.0371. The molecule has 5 heteroatoms. The molecule has 32 heavy (non-hydrogen) atoms. The highest BCUT2D eigenvalue weighted by Gasteiger charge is 2.15. The Morgan fingerprint density at radius 3 is 2.38 bits per heavy atom. The van der Waals surface area contributed by atoms with Gasteiger partial charge < -0.3 is 10.6 Å². The maximum Gasteiger partial charge on any atom is 0.193 e. The van der Waals surface area contributed by atoms with E-state index < -0.39 is 0 Å². The van der Waals surface area contributed by atoms with Crippen molar-refractivity contribution in [3.63, 3.8) is 0 Å². The van der Waals surface area contributed by atoms with E-state index in [9.17, 15) is 4.79 Å². The molecule has 4 aromatic rings. The van der Waals surface area contributed by atoms with Crippen molar-refractivity contribution in [3.8, 4) is 5.69 Å². The minimum Gasteiger partial charge on any atom is -0.341 e. The fourth-order valence-electron chi connectivity index (χ4n) is 4.53. The summed E-state index contributed by atoms with van der Waals surface area (Å²) in [4.78, 5) is 17.6. The lowest BCUT2D eigenvalue weighted by molar-refractivity contribution is 0.371. The number of aromatic nitrogens is 2. The molecule has 1 saturated carbocycles. The van der Waals surface area contributed by atoms with Gasteiger partial charge in [-0.3, -0.25) is 14.3 Å². The van der Waals surface area contributed by atoms with E-state index >= 15 is 0 Å². The van der Waals surface area contributed by atoms with Gasteiger partial charge in [0, 0.05) is 36.2 Å². The van der Waals surface area contributed by atoms with Gasteiger partial charge in [0.15, 0.2) is 5.43 Å². The fourth-order valence-corrected chi connectivity index (χ4v) is 4.53. The van der Waals surface area contributed by atoms with Gasteiger partial charge in [0.1, 0.15) is 5.82 Å². The number of anilines is 2. The minimum atomic E-state index is -0.0371. The van der Waals surface area contributed by atoms with Crippen LogP contribution in [0.1, 0.15) is 37.8 Å². The van der Waals surface area contributed by atoms with Crippen molar-refractivity contribution >= 4 is 22.4 Å². The summed E-state index contributed by atoms with van der Waals surface area (Å²) in [6.45, 7) is 0.708. The summed E-state index contributed by atoms with van der Waals surface area (Å²) in [5, 5.41) is 7.72. The summed E-state index contributed by atoms with van der Waals surface area (Å²) in [6, 6.07) is 24.3. The molecule has 0 unspecified atom stereocenters. The number of rotatable bonds is 6. The topological polar surface area (TPSA) is 59.0 Å². The molecule has 0 radical (unpaired) electrons. The summed E-state index contributed by atoms with van der Waals surface area (Å²) in [5.74, 6) is 0.734. The van der Waals surface area contributed by atoms with Gasteiger partial charge >= 0.3 is 0 Å². The van der Waals surface area contributed by atoms with Crippen LogP contribution in [0.2, 0.25) is 0 Å². The normalized spacial score (nSPS) is 14.5. The van der Waals surface area contributed by atoms with Crippen LogP contribution in [0.5, 0.6) is 0 Å². The largest absolute Gasteiger partial charge is 0.341 e. The number of nitrogens with one attached hydrogen (secondary N) is 2. The van der Waals surface area contributed by atoms with Crippen LogP contribution < -0.4 is 16.1 Å². The van der Waals surface area contributed by atoms with Crippen LogP contribution in [-0.2, 0) is 6.54 Å². The van der Waals surface area contributed by atoms with E-state index in [1.807, 2.05) is 48.5 Å². The Labute approximate surface area is 188 Å². The van der Waals surface area contributed by atoms with Crippen molar-refractivity contribution in [2.75, 3.05) is 5.32 Å². The highest BCUT2D eigenvalue weighted by Crippen LogP contribution is 2.25. The lowest BCUT2D eigenvalue weighted by Crippen LogP contribution is -2.30. The number of para-hydroxylation sites is 2. The van der Waals surface area contributed by atoms with Crippen molar-refractivity contribution in [2.45, 2.75) is 44.7 Å². The summed E-state index contributed by atoms with van der Waals surface area (Å²) in [5.41, 5.74) is 3.70. The second kappa shape index (κ2) is 9.37. The first-order valence-electron chi connectivity index (χ1n) is 11.4. The molecule has 1 fully saturated rings. The molecule has 5 rings (SSSR count). The Balaban J connectivity index is 1.58. The fraction of sp³-hybridized carbons (Fsp3) is 0.259. The molecular formula is C27H28N4O. The molecule has 0 spiro atoms. The number of pyridine rings is 2. The van der Waals surface area contributed by atoms with Gasteiger partial charge in [-0.2, -0.15) is 0 Å². The lowest BCUT2D eigenvalue weighted by Gasteiger charge is -2.23. The molecule has 0 amide bonds. The van der Waals surface area contributed by atoms with Gasteiger partial charge in [-0.1, -0.05) is 55.7 Å². The molecule has 0 aliphatic heterocycles. The Kier molecular flexibility index (Phi) is 5.99. The average Bonchev–Trinajstić information content (AvgIpc) is 2.85. The first-order valence-corrected chi connectivity index (χ1v) is 11.4. The zero-order valence-corrected chi connectivity index (χ0v) is 18.1. The van der Waals surface area contributed by atoms with Crippen molar-refractivity contribution in [2.24, 2.45) is 0 Å². The van der Waals surface area contributed by atoms with Crippen molar-refractivity contribution in [1.82, 2.24) is 14.9 Å². The molecule has 162 valence electrons. The molecule has 2 aromatic carbocycles. The summed E-state index contributed by atoms with van der Waals surface area (Å²) in [7, 11) is 0. The van der Waals surface area contributed by atoms with Gasteiger partial charge in [0.05, 0.1) is 16.6 Å². The van der Waals surface area contributed by atoms with E-state index in [0.29, 0.717) is 18.0 Å². The van der Waals surface area contributed by atoms with E-state index in [4.69, 9.17) is 0 Å². The zero-order chi connectivity index (χ0) is 21.8. The zero-order valence-electron chi connectivity index (χ0n) is 18.1. The number of nitrogens with zero attached hydrogens (tertiary/aromatic N) is 2. The van der Waals surface area contributed by atoms with E-state index in [1.165, 1.54) is 32.1 Å². The van der Waals surface area contributed by atoms with E-state index in [2.05, 4.69) is 38.4 Å². The highest BCUT2D eigenvalue weighted by atomic mass is 16.1. The maximum atomic E-state index is 13.0. The molecule has 5 nitrogen and oxygen atoms in total. The Bertz CT molecular complexity index is 1250. The first kappa shape index (κ1) is 20.5. The smallest absolute Gasteiger partial charge is 0.193 e. The van der Waals surface area contributed by atoms with Crippen LogP contribution in [0, 0.1) is 0 Å². The van der Waals surface area contributed by atoms with Crippen LogP contribution in [0.15, 0.2) is 83.8 Å².